The highest BCUT2D eigenvalue weighted by Crippen LogP contribution is 2.19. The van der Waals surface area contributed by atoms with E-state index in [0.29, 0.717) is 30.0 Å². The summed E-state index contributed by atoms with van der Waals surface area (Å²) in [5, 5.41) is 6.57. The highest BCUT2D eigenvalue weighted by Gasteiger charge is 2.15. The first kappa shape index (κ1) is 18.9. The second-order valence-corrected chi connectivity index (χ2v) is 7.05. The summed E-state index contributed by atoms with van der Waals surface area (Å²) in [7, 11) is 0. The summed E-state index contributed by atoms with van der Waals surface area (Å²) in [4.78, 5) is 35.6. The van der Waals surface area contributed by atoms with Gasteiger partial charge in [-0.25, -0.2) is 9.78 Å². The predicted molar refractivity (Wildman–Crippen MR) is 112 cm³/mol. The molecule has 8 nitrogen and oxygen atoms in total. The Morgan fingerprint density at radius 3 is 2.76 bits per heavy atom. The van der Waals surface area contributed by atoms with Crippen LogP contribution < -0.4 is 21.2 Å². The number of rotatable bonds is 6. The van der Waals surface area contributed by atoms with Gasteiger partial charge < -0.3 is 20.0 Å². The number of fused-ring (bicyclic) bond motifs is 1. The Morgan fingerprint density at radius 1 is 1.14 bits per heavy atom. The summed E-state index contributed by atoms with van der Waals surface area (Å²) in [6.45, 7) is 4.72. The van der Waals surface area contributed by atoms with Gasteiger partial charge in [0.25, 0.3) is 5.91 Å². The van der Waals surface area contributed by atoms with Gasteiger partial charge >= 0.3 is 5.63 Å². The van der Waals surface area contributed by atoms with E-state index in [1.54, 1.807) is 24.3 Å². The summed E-state index contributed by atoms with van der Waals surface area (Å²) >= 11 is 0. The van der Waals surface area contributed by atoms with Crippen molar-refractivity contribution < 1.29 is 9.21 Å². The Morgan fingerprint density at radius 2 is 1.93 bits per heavy atom. The van der Waals surface area contributed by atoms with E-state index in [-0.39, 0.29) is 5.56 Å². The lowest BCUT2D eigenvalue weighted by atomic mass is 10.2. The number of benzene rings is 1. The standard InChI is InChI=1S/C21H23N5O3/c1-14-12-18(26-10-4-5-11-26)25-21(24-14)23-9-8-22-19(27)16-13-15-6-2-3-7-17(15)29-20(16)28/h2-3,6-7,12-13H,4-5,8-11H2,1H3,(H,22,27)(H,23,24,25). The number of aromatic nitrogens is 2. The molecule has 1 saturated heterocycles. The summed E-state index contributed by atoms with van der Waals surface area (Å²) in [5.74, 6) is 0.996. The van der Waals surface area contributed by atoms with Gasteiger partial charge in [-0.1, -0.05) is 18.2 Å². The van der Waals surface area contributed by atoms with Crippen molar-refractivity contribution in [1.82, 2.24) is 15.3 Å². The number of aryl methyl sites for hydroxylation is 1. The highest BCUT2D eigenvalue weighted by atomic mass is 16.4. The molecule has 0 spiro atoms. The molecule has 1 aromatic carbocycles. The van der Waals surface area contributed by atoms with E-state index in [2.05, 4.69) is 25.5 Å². The van der Waals surface area contributed by atoms with E-state index in [1.165, 1.54) is 12.8 Å². The minimum Gasteiger partial charge on any atom is -0.422 e. The maximum atomic E-state index is 12.4. The first-order valence-corrected chi connectivity index (χ1v) is 9.76. The molecule has 2 N–H and O–H groups in total. The molecule has 0 bridgehead atoms. The number of para-hydroxylation sites is 1. The number of anilines is 2. The summed E-state index contributed by atoms with van der Waals surface area (Å²) < 4.78 is 5.21. The van der Waals surface area contributed by atoms with Crippen molar-refractivity contribution in [2.45, 2.75) is 19.8 Å². The van der Waals surface area contributed by atoms with Gasteiger partial charge in [0.1, 0.15) is 17.0 Å². The number of nitrogens with one attached hydrogen (secondary N) is 2. The van der Waals surface area contributed by atoms with Gasteiger partial charge in [0.15, 0.2) is 0 Å². The lowest BCUT2D eigenvalue weighted by Gasteiger charge is -2.17. The maximum Gasteiger partial charge on any atom is 0.349 e. The zero-order valence-corrected chi connectivity index (χ0v) is 16.3. The highest BCUT2D eigenvalue weighted by molar-refractivity contribution is 5.96. The molecule has 3 heterocycles. The van der Waals surface area contributed by atoms with Crippen molar-refractivity contribution in [2.24, 2.45) is 0 Å². The SMILES string of the molecule is Cc1cc(N2CCCC2)nc(NCCNC(=O)c2cc3ccccc3oc2=O)n1. The Kier molecular flexibility index (Phi) is 5.41. The van der Waals surface area contributed by atoms with Crippen LogP contribution in [0.4, 0.5) is 11.8 Å². The van der Waals surface area contributed by atoms with Crippen LogP contribution in [0.1, 0.15) is 28.9 Å². The fourth-order valence-electron chi connectivity index (χ4n) is 3.41. The second-order valence-electron chi connectivity index (χ2n) is 7.05. The molecule has 29 heavy (non-hydrogen) atoms. The van der Waals surface area contributed by atoms with E-state index in [9.17, 15) is 9.59 Å². The van der Waals surface area contributed by atoms with Crippen LogP contribution in [0.5, 0.6) is 0 Å². The van der Waals surface area contributed by atoms with E-state index < -0.39 is 11.5 Å². The molecule has 8 heteroatoms. The predicted octanol–water partition coefficient (Wildman–Crippen LogP) is 2.33. The third-order valence-corrected chi connectivity index (χ3v) is 4.85. The number of amides is 1. The molecule has 0 unspecified atom stereocenters. The quantitative estimate of drug-likeness (QED) is 0.490. The molecular weight excluding hydrogens is 370 g/mol. The number of hydrogen-bond donors (Lipinski definition) is 2. The van der Waals surface area contributed by atoms with Crippen LogP contribution in [0.2, 0.25) is 0 Å². The largest absolute Gasteiger partial charge is 0.422 e. The Hall–Kier alpha value is -3.42. The maximum absolute atomic E-state index is 12.4. The third kappa shape index (κ3) is 4.37. The monoisotopic (exact) mass is 393 g/mol. The van der Waals surface area contributed by atoms with Crippen molar-refractivity contribution in [3.8, 4) is 0 Å². The molecule has 0 radical (unpaired) electrons. The Bertz CT molecular complexity index is 1090. The zero-order chi connectivity index (χ0) is 20.2. The molecule has 150 valence electrons. The van der Waals surface area contributed by atoms with Gasteiger partial charge in [0, 0.05) is 43.3 Å². The molecule has 4 rings (SSSR count). The number of carbonyl (C=O) groups excluding carboxylic acids is 1. The van der Waals surface area contributed by atoms with Crippen LogP contribution in [0.3, 0.4) is 0 Å². The van der Waals surface area contributed by atoms with Gasteiger partial charge in [0.2, 0.25) is 5.95 Å². The summed E-state index contributed by atoms with van der Waals surface area (Å²) in [6, 6.07) is 10.6. The van der Waals surface area contributed by atoms with Crippen LogP contribution in [0.15, 0.2) is 45.6 Å². The molecule has 2 aromatic heterocycles. The van der Waals surface area contributed by atoms with Crippen LogP contribution in [0.25, 0.3) is 11.0 Å². The van der Waals surface area contributed by atoms with Crippen molar-refractivity contribution in [3.05, 3.63) is 58.1 Å². The summed E-state index contributed by atoms with van der Waals surface area (Å²) in [5.41, 5.74) is 0.696. The molecule has 0 atom stereocenters. The first-order valence-electron chi connectivity index (χ1n) is 9.76. The van der Waals surface area contributed by atoms with Crippen molar-refractivity contribution in [1.29, 1.82) is 0 Å². The van der Waals surface area contributed by atoms with E-state index in [1.807, 2.05) is 19.1 Å². The lowest BCUT2D eigenvalue weighted by molar-refractivity contribution is 0.0951. The van der Waals surface area contributed by atoms with Gasteiger partial charge in [0.05, 0.1) is 0 Å². The minimum absolute atomic E-state index is 0.00757. The Labute approximate surface area is 168 Å². The first-order chi connectivity index (χ1) is 14.1. The zero-order valence-electron chi connectivity index (χ0n) is 16.3. The van der Waals surface area contributed by atoms with Gasteiger partial charge in [-0.2, -0.15) is 4.98 Å². The molecule has 1 aliphatic heterocycles. The van der Waals surface area contributed by atoms with Crippen molar-refractivity contribution in [3.63, 3.8) is 0 Å². The fourth-order valence-corrected chi connectivity index (χ4v) is 3.41. The van der Waals surface area contributed by atoms with Gasteiger partial charge in [-0.05, 0) is 31.9 Å². The number of carbonyl (C=O) groups is 1. The number of nitrogens with zero attached hydrogens (tertiary/aromatic N) is 3. The van der Waals surface area contributed by atoms with E-state index in [4.69, 9.17) is 4.42 Å². The summed E-state index contributed by atoms with van der Waals surface area (Å²) in [6.07, 6.45) is 2.36. The molecular formula is C21H23N5O3. The third-order valence-electron chi connectivity index (χ3n) is 4.85. The van der Waals surface area contributed by atoms with E-state index >= 15 is 0 Å². The minimum atomic E-state index is -0.647. The van der Waals surface area contributed by atoms with Gasteiger partial charge in [-0.3, -0.25) is 4.79 Å². The molecule has 1 aliphatic rings. The average Bonchev–Trinajstić information content (AvgIpc) is 3.25. The Balaban J connectivity index is 1.35. The van der Waals surface area contributed by atoms with E-state index in [0.717, 1.165) is 24.6 Å². The number of hydrogen-bond acceptors (Lipinski definition) is 7. The molecule has 1 amide bonds. The van der Waals surface area contributed by atoms with Crippen molar-refractivity contribution >= 4 is 28.6 Å². The van der Waals surface area contributed by atoms with Gasteiger partial charge in [-0.15, -0.1) is 0 Å². The van der Waals surface area contributed by atoms with Crippen LogP contribution >= 0.6 is 0 Å². The van der Waals surface area contributed by atoms with Crippen LogP contribution in [-0.4, -0.2) is 42.1 Å². The van der Waals surface area contributed by atoms with Crippen LogP contribution in [-0.2, 0) is 0 Å². The lowest BCUT2D eigenvalue weighted by Crippen LogP contribution is -2.32. The molecule has 0 saturated carbocycles. The topological polar surface area (TPSA) is 100 Å². The second kappa shape index (κ2) is 8.30. The normalized spacial score (nSPS) is 13.6. The smallest absolute Gasteiger partial charge is 0.349 e. The molecule has 3 aromatic rings. The van der Waals surface area contributed by atoms with Crippen molar-refractivity contribution in [2.75, 3.05) is 36.4 Å². The molecule has 0 aliphatic carbocycles. The average molecular weight is 393 g/mol. The molecule has 1 fully saturated rings. The van der Waals surface area contributed by atoms with Crippen LogP contribution in [0, 0.1) is 6.92 Å². The fraction of sp³-hybridized carbons (Fsp3) is 0.333.